The van der Waals surface area contributed by atoms with Crippen molar-refractivity contribution in [1.29, 1.82) is 0 Å². The summed E-state index contributed by atoms with van der Waals surface area (Å²) in [6, 6.07) is 13.9. The summed E-state index contributed by atoms with van der Waals surface area (Å²) in [5.41, 5.74) is 1.14. The summed E-state index contributed by atoms with van der Waals surface area (Å²) >= 11 is 0. The molecule has 4 heteroatoms. The SMILES string of the molecule is CC(=O)NCCNC(c1ccccc1)c1ccco1. The molecule has 19 heavy (non-hydrogen) atoms. The maximum Gasteiger partial charge on any atom is 0.216 e. The number of nitrogens with one attached hydrogen (secondary N) is 2. The van der Waals surface area contributed by atoms with Crippen LogP contribution >= 0.6 is 0 Å². The molecule has 2 rings (SSSR count). The molecule has 1 aromatic heterocycles. The molecule has 2 N–H and O–H groups in total. The lowest BCUT2D eigenvalue weighted by Gasteiger charge is -2.17. The van der Waals surface area contributed by atoms with Gasteiger partial charge in [0, 0.05) is 20.0 Å². The van der Waals surface area contributed by atoms with Gasteiger partial charge in [-0.2, -0.15) is 0 Å². The number of furan rings is 1. The first kappa shape index (κ1) is 13.4. The van der Waals surface area contributed by atoms with Crippen LogP contribution < -0.4 is 10.6 Å². The minimum atomic E-state index is -0.0175. The largest absolute Gasteiger partial charge is 0.467 e. The van der Waals surface area contributed by atoms with Gasteiger partial charge in [0.25, 0.3) is 0 Å². The monoisotopic (exact) mass is 258 g/mol. The van der Waals surface area contributed by atoms with Crippen molar-refractivity contribution in [2.75, 3.05) is 13.1 Å². The molecule has 0 saturated heterocycles. The lowest BCUT2D eigenvalue weighted by atomic mass is 10.0. The Morgan fingerprint density at radius 3 is 2.58 bits per heavy atom. The molecular weight excluding hydrogens is 240 g/mol. The third kappa shape index (κ3) is 3.96. The van der Waals surface area contributed by atoms with Crippen LogP contribution in [0.25, 0.3) is 0 Å². The Balaban J connectivity index is 2.02. The predicted molar refractivity (Wildman–Crippen MR) is 73.7 cm³/mol. The van der Waals surface area contributed by atoms with Crippen molar-refractivity contribution in [1.82, 2.24) is 10.6 Å². The smallest absolute Gasteiger partial charge is 0.216 e. The second kappa shape index (κ2) is 6.75. The minimum absolute atomic E-state index is 0.00459. The van der Waals surface area contributed by atoms with E-state index in [4.69, 9.17) is 4.42 Å². The van der Waals surface area contributed by atoms with Crippen LogP contribution in [0, 0.1) is 0 Å². The Morgan fingerprint density at radius 1 is 1.16 bits per heavy atom. The van der Waals surface area contributed by atoms with Crippen molar-refractivity contribution < 1.29 is 9.21 Å². The molecule has 1 heterocycles. The molecular formula is C15H18N2O2. The summed E-state index contributed by atoms with van der Waals surface area (Å²) in [6.45, 7) is 2.79. The lowest BCUT2D eigenvalue weighted by Crippen LogP contribution is -2.32. The highest BCUT2D eigenvalue weighted by Crippen LogP contribution is 2.21. The van der Waals surface area contributed by atoms with Crippen molar-refractivity contribution in [3.63, 3.8) is 0 Å². The van der Waals surface area contributed by atoms with Crippen LogP contribution in [0.3, 0.4) is 0 Å². The van der Waals surface area contributed by atoms with Crippen molar-refractivity contribution >= 4 is 5.91 Å². The average molecular weight is 258 g/mol. The lowest BCUT2D eigenvalue weighted by molar-refractivity contribution is -0.118. The van der Waals surface area contributed by atoms with Crippen LogP contribution in [0.15, 0.2) is 53.1 Å². The molecule has 4 nitrogen and oxygen atoms in total. The fraction of sp³-hybridized carbons (Fsp3) is 0.267. The van der Waals surface area contributed by atoms with Gasteiger partial charge in [-0.05, 0) is 17.7 Å². The number of hydrogen-bond donors (Lipinski definition) is 2. The predicted octanol–water partition coefficient (Wildman–Crippen LogP) is 2.09. The molecule has 0 aliphatic rings. The quantitative estimate of drug-likeness (QED) is 0.780. The van der Waals surface area contributed by atoms with E-state index in [9.17, 15) is 4.79 Å². The maximum atomic E-state index is 10.8. The molecule has 1 aromatic carbocycles. The molecule has 100 valence electrons. The van der Waals surface area contributed by atoms with E-state index in [2.05, 4.69) is 22.8 Å². The van der Waals surface area contributed by atoms with E-state index in [1.165, 1.54) is 6.92 Å². The van der Waals surface area contributed by atoms with E-state index >= 15 is 0 Å². The number of carbonyl (C=O) groups is 1. The molecule has 0 aliphatic carbocycles. The van der Waals surface area contributed by atoms with Crippen LogP contribution in [0.5, 0.6) is 0 Å². The number of hydrogen-bond acceptors (Lipinski definition) is 3. The summed E-state index contributed by atoms with van der Waals surface area (Å²) in [6.07, 6.45) is 1.67. The normalized spacial score (nSPS) is 12.1. The highest BCUT2D eigenvalue weighted by atomic mass is 16.3. The number of benzene rings is 1. The van der Waals surface area contributed by atoms with Crippen LogP contribution in [0.1, 0.15) is 24.3 Å². The third-order valence-corrected chi connectivity index (χ3v) is 2.81. The van der Waals surface area contributed by atoms with E-state index in [1.807, 2.05) is 30.3 Å². The van der Waals surface area contributed by atoms with E-state index in [-0.39, 0.29) is 11.9 Å². The first-order chi connectivity index (χ1) is 9.27. The molecule has 0 fully saturated rings. The fourth-order valence-corrected chi connectivity index (χ4v) is 1.94. The van der Waals surface area contributed by atoms with Gasteiger partial charge >= 0.3 is 0 Å². The molecule has 0 aliphatic heterocycles. The summed E-state index contributed by atoms with van der Waals surface area (Å²) < 4.78 is 5.48. The van der Waals surface area contributed by atoms with Crippen LogP contribution in [0.2, 0.25) is 0 Å². The van der Waals surface area contributed by atoms with Gasteiger partial charge in [-0.1, -0.05) is 30.3 Å². The van der Waals surface area contributed by atoms with Crippen molar-refractivity contribution in [3.8, 4) is 0 Å². The Morgan fingerprint density at radius 2 is 1.95 bits per heavy atom. The Labute approximate surface area is 112 Å². The van der Waals surface area contributed by atoms with E-state index < -0.39 is 0 Å². The summed E-state index contributed by atoms with van der Waals surface area (Å²) in [5, 5.41) is 6.15. The van der Waals surface area contributed by atoms with Gasteiger partial charge in [0.2, 0.25) is 5.91 Å². The minimum Gasteiger partial charge on any atom is -0.467 e. The van der Waals surface area contributed by atoms with E-state index in [1.54, 1.807) is 6.26 Å². The number of amides is 1. The number of carbonyl (C=O) groups excluding carboxylic acids is 1. The summed E-state index contributed by atoms with van der Waals surface area (Å²) in [5.74, 6) is 0.852. The first-order valence-corrected chi connectivity index (χ1v) is 6.33. The second-order valence-electron chi connectivity index (χ2n) is 4.30. The van der Waals surface area contributed by atoms with Gasteiger partial charge in [-0.3, -0.25) is 4.79 Å². The van der Waals surface area contributed by atoms with Crippen LogP contribution in [-0.2, 0) is 4.79 Å². The third-order valence-electron chi connectivity index (χ3n) is 2.81. The first-order valence-electron chi connectivity index (χ1n) is 6.33. The standard InChI is InChI=1S/C15H18N2O2/c1-12(18)16-9-10-17-15(14-8-5-11-19-14)13-6-3-2-4-7-13/h2-8,11,15,17H,9-10H2,1H3,(H,16,18). The molecule has 1 atom stereocenters. The fourth-order valence-electron chi connectivity index (χ4n) is 1.94. The van der Waals surface area contributed by atoms with E-state index in [0.29, 0.717) is 13.1 Å². The molecule has 0 radical (unpaired) electrons. The highest BCUT2D eigenvalue weighted by molar-refractivity contribution is 5.72. The molecule has 0 saturated carbocycles. The summed E-state index contributed by atoms with van der Waals surface area (Å²) in [7, 11) is 0. The zero-order chi connectivity index (χ0) is 13.5. The van der Waals surface area contributed by atoms with Gasteiger partial charge in [0.1, 0.15) is 5.76 Å². The zero-order valence-corrected chi connectivity index (χ0v) is 10.9. The van der Waals surface area contributed by atoms with E-state index in [0.717, 1.165) is 11.3 Å². The van der Waals surface area contributed by atoms with Crippen LogP contribution in [0.4, 0.5) is 0 Å². The number of rotatable bonds is 6. The average Bonchev–Trinajstić information content (AvgIpc) is 2.93. The zero-order valence-electron chi connectivity index (χ0n) is 10.9. The Bertz CT molecular complexity index is 494. The molecule has 1 unspecified atom stereocenters. The van der Waals surface area contributed by atoms with Gasteiger partial charge in [0.05, 0.1) is 12.3 Å². The second-order valence-corrected chi connectivity index (χ2v) is 4.30. The molecule has 0 bridgehead atoms. The highest BCUT2D eigenvalue weighted by Gasteiger charge is 2.15. The van der Waals surface area contributed by atoms with Crippen LogP contribution in [-0.4, -0.2) is 19.0 Å². The van der Waals surface area contributed by atoms with Crippen molar-refractivity contribution in [2.45, 2.75) is 13.0 Å². The Hall–Kier alpha value is -2.07. The van der Waals surface area contributed by atoms with Gasteiger partial charge in [-0.15, -0.1) is 0 Å². The Kier molecular flexibility index (Phi) is 4.75. The molecule has 2 aromatic rings. The van der Waals surface area contributed by atoms with Crippen molar-refractivity contribution in [2.24, 2.45) is 0 Å². The van der Waals surface area contributed by atoms with Gasteiger partial charge < -0.3 is 15.1 Å². The maximum absolute atomic E-state index is 10.8. The van der Waals surface area contributed by atoms with Gasteiger partial charge in [0.15, 0.2) is 0 Å². The summed E-state index contributed by atoms with van der Waals surface area (Å²) in [4.78, 5) is 10.8. The van der Waals surface area contributed by atoms with Gasteiger partial charge in [-0.25, -0.2) is 0 Å². The topological polar surface area (TPSA) is 54.3 Å². The molecule has 1 amide bonds. The molecule has 0 spiro atoms. The van der Waals surface area contributed by atoms with Crippen molar-refractivity contribution in [3.05, 3.63) is 60.1 Å².